The molecule has 6 rings (SSSR count). The number of hydrogen-bond acceptors (Lipinski definition) is 4. The normalized spacial score (nSPS) is 11.3. The Morgan fingerprint density at radius 1 is 0.633 bits per heavy atom. The summed E-state index contributed by atoms with van der Waals surface area (Å²) in [5, 5.41) is 10.8. The van der Waals surface area contributed by atoms with E-state index < -0.39 is 0 Å². The Labute approximate surface area is 172 Å². The third kappa shape index (κ3) is 2.60. The zero-order chi connectivity index (χ0) is 19.9. The highest BCUT2D eigenvalue weighted by molar-refractivity contribution is 6.10. The largest absolute Gasteiger partial charge is 0.415 e. The second-order valence-corrected chi connectivity index (χ2v) is 7.05. The van der Waals surface area contributed by atoms with E-state index in [0.717, 1.165) is 27.7 Å². The van der Waals surface area contributed by atoms with E-state index in [1.807, 2.05) is 30.3 Å². The van der Waals surface area contributed by atoms with Crippen LogP contribution in [-0.4, -0.2) is 19.7 Å². The van der Waals surface area contributed by atoms with Crippen LogP contribution in [0.2, 0.25) is 0 Å². The lowest BCUT2D eigenvalue weighted by Crippen LogP contribution is -1.92. The highest BCUT2D eigenvalue weighted by Gasteiger charge is 2.16. The molecule has 0 atom stereocenters. The predicted molar refractivity (Wildman–Crippen MR) is 117 cm³/mol. The minimum Gasteiger partial charge on any atom is -0.415 e. The van der Waals surface area contributed by atoms with Crippen molar-refractivity contribution in [3.8, 4) is 28.7 Å². The Morgan fingerprint density at radius 2 is 1.40 bits per heavy atom. The molecule has 6 aromatic rings. The number of aromatic nitrogens is 4. The molecule has 0 spiro atoms. The molecule has 0 aliphatic heterocycles. The molecule has 30 heavy (non-hydrogen) atoms. The third-order valence-corrected chi connectivity index (χ3v) is 5.24. The van der Waals surface area contributed by atoms with Crippen LogP contribution in [0.1, 0.15) is 0 Å². The molecular weight excluding hydrogens is 372 g/mol. The predicted octanol–water partition coefficient (Wildman–Crippen LogP) is 5.90. The summed E-state index contributed by atoms with van der Waals surface area (Å²) in [6, 6.07) is 30.7. The van der Waals surface area contributed by atoms with Gasteiger partial charge in [-0.15, -0.1) is 10.2 Å². The standard InChI is InChI=1S/C25H16N4O/c1-2-8-18(9-3-1)29-22-12-5-4-10-19(22)20-16-17(13-14-23(20)29)24-27-28-25(30-24)21-11-6-7-15-26-21/h1-16H. The summed E-state index contributed by atoms with van der Waals surface area (Å²) >= 11 is 0. The zero-order valence-corrected chi connectivity index (χ0v) is 15.9. The maximum atomic E-state index is 5.92. The summed E-state index contributed by atoms with van der Waals surface area (Å²) in [6.07, 6.45) is 1.71. The van der Waals surface area contributed by atoms with Crippen molar-refractivity contribution >= 4 is 21.8 Å². The number of benzene rings is 3. The average Bonchev–Trinajstić information content (AvgIpc) is 3.43. The summed E-state index contributed by atoms with van der Waals surface area (Å²) in [5.74, 6) is 0.895. The molecule has 5 heteroatoms. The Kier molecular flexibility index (Phi) is 3.71. The second-order valence-electron chi connectivity index (χ2n) is 7.05. The van der Waals surface area contributed by atoms with E-state index in [1.165, 1.54) is 5.39 Å². The fourth-order valence-electron chi connectivity index (χ4n) is 3.89. The fraction of sp³-hybridized carbons (Fsp3) is 0. The Morgan fingerprint density at radius 3 is 2.27 bits per heavy atom. The Hall–Kier alpha value is -4.25. The number of rotatable bonds is 3. The van der Waals surface area contributed by atoms with E-state index in [9.17, 15) is 0 Å². The summed E-state index contributed by atoms with van der Waals surface area (Å²) < 4.78 is 8.20. The van der Waals surface area contributed by atoms with Crippen molar-refractivity contribution in [2.45, 2.75) is 0 Å². The molecule has 0 bridgehead atoms. The van der Waals surface area contributed by atoms with Crippen molar-refractivity contribution in [2.24, 2.45) is 0 Å². The van der Waals surface area contributed by atoms with Crippen molar-refractivity contribution in [3.63, 3.8) is 0 Å². The molecule has 0 saturated carbocycles. The van der Waals surface area contributed by atoms with Crippen LogP contribution in [0.15, 0.2) is 102 Å². The van der Waals surface area contributed by atoms with Gasteiger partial charge in [0.1, 0.15) is 5.69 Å². The van der Waals surface area contributed by atoms with Gasteiger partial charge in [-0.2, -0.15) is 0 Å². The molecule has 3 heterocycles. The third-order valence-electron chi connectivity index (χ3n) is 5.24. The second kappa shape index (κ2) is 6.67. The van der Waals surface area contributed by atoms with Gasteiger partial charge in [-0.3, -0.25) is 4.98 Å². The number of fused-ring (bicyclic) bond motifs is 3. The first-order valence-corrected chi connectivity index (χ1v) is 9.72. The maximum absolute atomic E-state index is 5.92. The highest BCUT2D eigenvalue weighted by Crippen LogP contribution is 2.34. The van der Waals surface area contributed by atoms with Crippen LogP contribution in [0.3, 0.4) is 0 Å². The highest BCUT2D eigenvalue weighted by atomic mass is 16.4. The molecule has 142 valence electrons. The number of hydrogen-bond donors (Lipinski definition) is 0. The summed E-state index contributed by atoms with van der Waals surface area (Å²) in [6.45, 7) is 0. The van der Waals surface area contributed by atoms with Crippen LogP contribution in [0.4, 0.5) is 0 Å². The summed E-state index contributed by atoms with van der Waals surface area (Å²) in [5.41, 5.74) is 4.98. The molecular formula is C25H16N4O. The van der Waals surface area contributed by atoms with Gasteiger partial charge < -0.3 is 8.98 Å². The van der Waals surface area contributed by atoms with Gasteiger partial charge in [-0.1, -0.05) is 42.5 Å². The van der Waals surface area contributed by atoms with Gasteiger partial charge in [0.15, 0.2) is 0 Å². The van der Waals surface area contributed by atoms with Gasteiger partial charge in [0.2, 0.25) is 5.89 Å². The monoisotopic (exact) mass is 388 g/mol. The molecule has 0 aliphatic rings. The first-order chi connectivity index (χ1) is 14.9. The first-order valence-electron chi connectivity index (χ1n) is 9.72. The average molecular weight is 388 g/mol. The van der Waals surface area contributed by atoms with Crippen molar-refractivity contribution in [2.75, 3.05) is 0 Å². The SMILES string of the molecule is c1ccc(-n2c3ccccc3c3cc(-c4nnc(-c5ccccn5)o4)ccc32)cc1. The Bertz CT molecular complexity index is 1480. The lowest BCUT2D eigenvalue weighted by atomic mass is 10.1. The summed E-state index contributed by atoms with van der Waals surface area (Å²) in [7, 11) is 0. The molecule has 3 aromatic carbocycles. The molecule has 0 N–H and O–H groups in total. The smallest absolute Gasteiger partial charge is 0.266 e. The number of pyridine rings is 1. The van der Waals surface area contributed by atoms with E-state index in [1.54, 1.807) is 6.20 Å². The van der Waals surface area contributed by atoms with Crippen molar-refractivity contribution in [3.05, 3.63) is 97.2 Å². The van der Waals surface area contributed by atoms with Gasteiger partial charge in [0.25, 0.3) is 5.89 Å². The van der Waals surface area contributed by atoms with Gasteiger partial charge in [-0.25, -0.2) is 0 Å². The van der Waals surface area contributed by atoms with E-state index in [2.05, 4.69) is 80.4 Å². The van der Waals surface area contributed by atoms with Crippen molar-refractivity contribution < 1.29 is 4.42 Å². The van der Waals surface area contributed by atoms with Gasteiger partial charge in [0, 0.05) is 28.2 Å². The van der Waals surface area contributed by atoms with Crippen molar-refractivity contribution in [1.29, 1.82) is 0 Å². The quantitative estimate of drug-likeness (QED) is 0.379. The van der Waals surface area contributed by atoms with Crippen LogP contribution in [-0.2, 0) is 0 Å². The molecule has 3 aromatic heterocycles. The van der Waals surface area contributed by atoms with Crippen LogP contribution >= 0.6 is 0 Å². The maximum Gasteiger partial charge on any atom is 0.266 e. The lowest BCUT2D eigenvalue weighted by molar-refractivity contribution is 0.582. The molecule has 0 amide bonds. The fourth-order valence-corrected chi connectivity index (χ4v) is 3.89. The van der Waals surface area contributed by atoms with Crippen LogP contribution in [0.25, 0.3) is 50.5 Å². The van der Waals surface area contributed by atoms with E-state index >= 15 is 0 Å². The molecule has 0 fully saturated rings. The molecule has 0 radical (unpaired) electrons. The van der Waals surface area contributed by atoms with Gasteiger partial charge in [-0.05, 0) is 48.5 Å². The topological polar surface area (TPSA) is 56.7 Å². The van der Waals surface area contributed by atoms with Crippen LogP contribution < -0.4 is 0 Å². The van der Waals surface area contributed by atoms with E-state index in [0.29, 0.717) is 17.5 Å². The minimum atomic E-state index is 0.414. The molecule has 0 aliphatic carbocycles. The number of para-hydroxylation sites is 2. The van der Waals surface area contributed by atoms with Gasteiger partial charge in [0.05, 0.1) is 11.0 Å². The van der Waals surface area contributed by atoms with Gasteiger partial charge >= 0.3 is 0 Å². The summed E-state index contributed by atoms with van der Waals surface area (Å²) in [4.78, 5) is 4.28. The Balaban J connectivity index is 1.54. The number of nitrogens with zero attached hydrogens (tertiary/aromatic N) is 4. The molecule has 0 saturated heterocycles. The minimum absolute atomic E-state index is 0.414. The van der Waals surface area contributed by atoms with E-state index in [-0.39, 0.29) is 0 Å². The van der Waals surface area contributed by atoms with E-state index in [4.69, 9.17) is 4.42 Å². The van der Waals surface area contributed by atoms with Crippen LogP contribution in [0, 0.1) is 0 Å². The molecule has 0 unspecified atom stereocenters. The first kappa shape index (κ1) is 16.7. The zero-order valence-electron chi connectivity index (χ0n) is 15.9. The van der Waals surface area contributed by atoms with Crippen LogP contribution in [0.5, 0.6) is 0 Å². The van der Waals surface area contributed by atoms with Crippen molar-refractivity contribution in [1.82, 2.24) is 19.7 Å². The lowest BCUT2D eigenvalue weighted by Gasteiger charge is -2.07. The molecule has 5 nitrogen and oxygen atoms in total.